The molecule has 0 fully saturated rings. The molecule has 1 heterocycles. The largest absolute Gasteiger partial charge is 0.360 e. The standard InChI is InChI=1S/C11H17N3O3/c1-7-5-8(14-17-7)12-9(15)6-10(16)13-11(2,3)4/h5H,6H2,1-4H3,(H,13,16)(H,12,14,15). The Bertz CT molecular complexity index is 418. The fraction of sp³-hybridized carbons (Fsp3) is 0.545. The van der Waals surface area contributed by atoms with Gasteiger partial charge in [-0.05, 0) is 27.7 Å². The number of rotatable bonds is 3. The molecule has 0 saturated heterocycles. The maximum Gasteiger partial charge on any atom is 0.235 e. The van der Waals surface area contributed by atoms with E-state index >= 15 is 0 Å². The van der Waals surface area contributed by atoms with Gasteiger partial charge >= 0.3 is 0 Å². The van der Waals surface area contributed by atoms with Gasteiger partial charge in [0.15, 0.2) is 5.82 Å². The monoisotopic (exact) mass is 239 g/mol. The van der Waals surface area contributed by atoms with E-state index in [0.29, 0.717) is 11.6 Å². The van der Waals surface area contributed by atoms with Crippen molar-refractivity contribution in [2.75, 3.05) is 5.32 Å². The van der Waals surface area contributed by atoms with Crippen molar-refractivity contribution in [3.05, 3.63) is 11.8 Å². The van der Waals surface area contributed by atoms with E-state index in [-0.39, 0.29) is 17.9 Å². The van der Waals surface area contributed by atoms with Crippen LogP contribution in [0.4, 0.5) is 5.82 Å². The van der Waals surface area contributed by atoms with Gasteiger partial charge in [0.05, 0.1) is 0 Å². The Balaban J connectivity index is 2.42. The quantitative estimate of drug-likeness (QED) is 0.777. The molecule has 6 nitrogen and oxygen atoms in total. The van der Waals surface area contributed by atoms with Crippen LogP contribution in [0.1, 0.15) is 33.0 Å². The van der Waals surface area contributed by atoms with Gasteiger partial charge in [-0.15, -0.1) is 0 Å². The lowest BCUT2D eigenvalue weighted by atomic mass is 10.1. The van der Waals surface area contributed by atoms with E-state index in [4.69, 9.17) is 4.52 Å². The van der Waals surface area contributed by atoms with E-state index in [1.165, 1.54) is 0 Å². The molecule has 94 valence electrons. The fourth-order valence-electron chi connectivity index (χ4n) is 1.22. The summed E-state index contributed by atoms with van der Waals surface area (Å²) in [6.07, 6.45) is -0.233. The Hall–Kier alpha value is -1.85. The van der Waals surface area contributed by atoms with Crippen molar-refractivity contribution in [2.45, 2.75) is 39.7 Å². The molecule has 2 N–H and O–H groups in total. The number of aryl methyl sites for hydroxylation is 1. The second-order valence-corrected chi connectivity index (χ2v) is 4.85. The number of nitrogens with zero attached hydrogens (tertiary/aromatic N) is 1. The first-order valence-electron chi connectivity index (χ1n) is 5.30. The van der Waals surface area contributed by atoms with Crippen molar-refractivity contribution in [1.29, 1.82) is 0 Å². The summed E-state index contributed by atoms with van der Waals surface area (Å²) < 4.78 is 4.79. The maximum absolute atomic E-state index is 11.5. The predicted molar refractivity (Wildman–Crippen MR) is 62.4 cm³/mol. The topological polar surface area (TPSA) is 84.2 Å². The Labute approximate surface area is 99.7 Å². The summed E-state index contributed by atoms with van der Waals surface area (Å²) in [4.78, 5) is 22.9. The Morgan fingerprint density at radius 2 is 2.00 bits per heavy atom. The first kappa shape index (κ1) is 13.2. The molecule has 1 aromatic heterocycles. The van der Waals surface area contributed by atoms with Crippen LogP contribution in [-0.2, 0) is 9.59 Å². The predicted octanol–water partition coefficient (Wildman–Crippen LogP) is 1.23. The third kappa shape index (κ3) is 5.14. The molecule has 0 aliphatic heterocycles. The van der Waals surface area contributed by atoms with Crippen LogP contribution in [0.3, 0.4) is 0 Å². The van der Waals surface area contributed by atoms with Crippen molar-refractivity contribution in [3.8, 4) is 0 Å². The summed E-state index contributed by atoms with van der Waals surface area (Å²) in [6.45, 7) is 7.27. The Morgan fingerprint density at radius 1 is 1.35 bits per heavy atom. The number of carbonyl (C=O) groups is 2. The van der Waals surface area contributed by atoms with Gasteiger partial charge in [0, 0.05) is 11.6 Å². The van der Waals surface area contributed by atoms with Crippen LogP contribution in [0.2, 0.25) is 0 Å². The molecule has 0 unspecified atom stereocenters. The van der Waals surface area contributed by atoms with Gasteiger partial charge in [-0.25, -0.2) is 0 Å². The molecule has 0 aromatic carbocycles. The summed E-state index contributed by atoms with van der Waals surface area (Å²) in [5.41, 5.74) is -0.345. The third-order valence-corrected chi connectivity index (χ3v) is 1.73. The van der Waals surface area contributed by atoms with Gasteiger partial charge < -0.3 is 15.2 Å². The van der Waals surface area contributed by atoms with Crippen LogP contribution in [0.15, 0.2) is 10.6 Å². The molecule has 1 rings (SSSR count). The third-order valence-electron chi connectivity index (χ3n) is 1.73. The molecule has 0 aliphatic carbocycles. The molecule has 0 bridgehead atoms. The second kappa shape index (κ2) is 4.99. The van der Waals surface area contributed by atoms with Gasteiger partial charge in [0.1, 0.15) is 12.2 Å². The van der Waals surface area contributed by atoms with E-state index in [2.05, 4.69) is 15.8 Å². The minimum atomic E-state index is -0.417. The summed E-state index contributed by atoms with van der Waals surface area (Å²) >= 11 is 0. The lowest BCUT2D eigenvalue weighted by molar-refractivity contribution is -0.127. The van der Waals surface area contributed by atoms with E-state index in [0.717, 1.165) is 0 Å². The van der Waals surface area contributed by atoms with Crippen LogP contribution < -0.4 is 10.6 Å². The van der Waals surface area contributed by atoms with E-state index in [1.807, 2.05) is 20.8 Å². The first-order valence-corrected chi connectivity index (χ1v) is 5.30. The SMILES string of the molecule is Cc1cc(NC(=O)CC(=O)NC(C)(C)C)no1. The zero-order valence-electron chi connectivity index (χ0n) is 10.5. The van der Waals surface area contributed by atoms with Gasteiger partial charge in [0.2, 0.25) is 11.8 Å². The van der Waals surface area contributed by atoms with Crippen LogP contribution in [-0.4, -0.2) is 22.5 Å². The molecule has 0 spiro atoms. The summed E-state index contributed by atoms with van der Waals surface area (Å²) in [5, 5.41) is 8.77. The van der Waals surface area contributed by atoms with Gasteiger partial charge in [0.25, 0.3) is 0 Å². The van der Waals surface area contributed by atoms with Crippen molar-refractivity contribution in [3.63, 3.8) is 0 Å². The normalized spacial score (nSPS) is 11.1. The smallest absolute Gasteiger partial charge is 0.235 e. The zero-order chi connectivity index (χ0) is 13.1. The van der Waals surface area contributed by atoms with Gasteiger partial charge in [-0.1, -0.05) is 5.16 Å². The molecule has 0 saturated carbocycles. The molecule has 17 heavy (non-hydrogen) atoms. The second-order valence-electron chi connectivity index (χ2n) is 4.85. The highest BCUT2D eigenvalue weighted by Gasteiger charge is 2.17. The van der Waals surface area contributed by atoms with Crippen molar-refractivity contribution in [1.82, 2.24) is 10.5 Å². The molecular weight excluding hydrogens is 222 g/mol. The maximum atomic E-state index is 11.5. The first-order chi connectivity index (χ1) is 7.76. The number of aromatic nitrogens is 1. The zero-order valence-corrected chi connectivity index (χ0v) is 10.5. The highest BCUT2D eigenvalue weighted by molar-refractivity contribution is 6.03. The van der Waals surface area contributed by atoms with Crippen LogP contribution in [0.25, 0.3) is 0 Å². The number of anilines is 1. The molecular formula is C11H17N3O3. The Kier molecular flexibility index (Phi) is 3.88. The number of hydrogen-bond acceptors (Lipinski definition) is 4. The van der Waals surface area contributed by atoms with Gasteiger partial charge in [-0.2, -0.15) is 0 Å². The minimum absolute atomic E-state index is 0.233. The van der Waals surface area contributed by atoms with Crippen molar-refractivity contribution >= 4 is 17.6 Å². The van der Waals surface area contributed by atoms with Crippen LogP contribution in [0.5, 0.6) is 0 Å². The van der Waals surface area contributed by atoms with E-state index in [9.17, 15) is 9.59 Å². The number of hydrogen-bond donors (Lipinski definition) is 2. The summed E-state index contributed by atoms with van der Waals surface area (Å²) in [6, 6.07) is 1.58. The number of amides is 2. The summed E-state index contributed by atoms with van der Waals surface area (Å²) in [7, 11) is 0. The van der Waals surface area contributed by atoms with Gasteiger partial charge in [-0.3, -0.25) is 9.59 Å². The van der Waals surface area contributed by atoms with Crippen LogP contribution >= 0.6 is 0 Å². The highest BCUT2D eigenvalue weighted by atomic mass is 16.5. The molecule has 0 aliphatic rings. The lowest BCUT2D eigenvalue weighted by Crippen LogP contribution is -2.41. The highest BCUT2D eigenvalue weighted by Crippen LogP contribution is 2.07. The Morgan fingerprint density at radius 3 is 2.47 bits per heavy atom. The number of carbonyl (C=O) groups excluding carboxylic acids is 2. The molecule has 0 atom stereocenters. The summed E-state index contributed by atoms with van der Waals surface area (Å²) in [5.74, 6) is 0.172. The fourth-order valence-corrected chi connectivity index (χ4v) is 1.22. The average molecular weight is 239 g/mol. The van der Waals surface area contributed by atoms with E-state index < -0.39 is 5.91 Å². The van der Waals surface area contributed by atoms with Crippen LogP contribution in [0, 0.1) is 6.92 Å². The molecule has 0 radical (unpaired) electrons. The molecule has 1 aromatic rings. The molecule has 2 amide bonds. The van der Waals surface area contributed by atoms with Crippen molar-refractivity contribution < 1.29 is 14.1 Å². The average Bonchev–Trinajstić information content (AvgIpc) is 2.46. The minimum Gasteiger partial charge on any atom is -0.360 e. The number of nitrogens with one attached hydrogen (secondary N) is 2. The van der Waals surface area contributed by atoms with Crippen molar-refractivity contribution in [2.24, 2.45) is 0 Å². The lowest BCUT2D eigenvalue weighted by Gasteiger charge is -2.20. The van der Waals surface area contributed by atoms with E-state index in [1.54, 1.807) is 13.0 Å². The molecule has 6 heteroatoms.